The number of benzene rings is 1. The van der Waals surface area contributed by atoms with Crippen LogP contribution in [0.2, 0.25) is 0 Å². The van der Waals surface area contributed by atoms with Gasteiger partial charge in [-0.15, -0.1) is 12.4 Å². The van der Waals surface area contributed by atoms with Crippen LogP contribution in [-0.2, 0) is 16.1 Å². The number of carbonyl (C=O) groups excluding carboxylic acids is 1. The molecule has 0 spiro atoms. The van der Waals surface area contributed by atoms with Crippen LogP contribution in [0.4, 0.5) is 0 Å². The number of carbonyl (C=O) groups is 1. The Balaban J connectivity index is 0.00000225. The van der Waals surface area contributed by atoms with Crippen molar-refractivity contribution in [1.82, 2.24) is 15.5 Å². The molecule has 140 valence electrons. The molecule has 2 aliphatic heterocycles. The summed E-state index contributed by atoms with van der Waals surface area (Å²) in [5, 5.41) is 6.59. The van der Waals surface area contributed by atoms with Gasteiger partial charge in [-0.3, -0.25) is 9.69 Å². The van der Waals surface area contributed by atoms with Crippen LogP contribution in [0.15, 0.2) is 30.3 Å². The van der Waals surface area contributed by atoms with Gasteiger partial charge in [-0.1, -0.05) is 30.3 Å². The second-order valence-corrected chi connectivity index (χ2v) is 7.15. The van der Waals surface area contributed by atoms with E-state index in [2.05, 4.69) is 45.9 Å². The van der Waals surface area contributed by atoms with E-state index in [0.717, 1.165) is 52.0 Å². The first kappa shape index (κ1) is 20.2. The number of likely N-dealkylation sites (tertiary alicyclic amines) is 1. The number of nitrogens with one attached hydrogen (secondary N) is 2. The fraction of sp³-hybridized carbons (Fsp3) is 0.632. The molecule has 2 heterocycles. The van der Waals surface area contributed by atoms with Crippen LogP contribution in [0.5, 0.6) is 0 Å². The lowest BCUT2D eigenvalue weighted by Crippen LogP contribution is -2.51. The summed E-state index contributed by atoms with van der Waals surface area (Å²) in [7, 11) is 1.68. The second-order valence-electron chi connectivity index (χ2n) is 7.15. The molecule has 5 nitrogen and oxygen atoms in total. The molecular weight excluding hydrogens is 338 g/mol. The highest BCUT2D eigenvalue weighted by molar-refractivity contribution is 5.85. The number of piperidine rings is 1. The van der Waals surface area contributed by atoms with Crippen molar-refractivity contribution in [2.75, 3.05) is 39.9 Å². The highest BCUT2D eigenvalue weighted by atomic mass is 35.5. The van der Waals surface area contributed by atoms with Gasteiger partial charge in [0.05, 0.1) is 12.0 Å². The molecule has 1 atom stereocenters. The molecule has 2 saturated heterocycles. The molecule has 1 unspecified atom stereocenters. The minimum absolute atomic E-state index is 0. The third-order valence-corrected chi connectivity index (χ3v) is 5.32. The summed E-state index contributed by atoms with van der Waals surface area (Å²) in [5.74, 6) is 0.163. The molecule has 0 aromatic heterocycles. The van der Waals surface area contributed by atoms with E-state index < -0.39 is 0 Å². The fourth-order valence-electron chi connectivity index (χ4n) is 3.82. The maximum Gasteiger partial charge on any atom is 0.230 e. The van der Waals surface area contributed by atoms with Gasteiger partial charge in [0.2, 0.25) is 5.91 Å². The van der Waals surface area contributed by atoms with Crippen molar-refractivity contribution in [3.05, 3.63) is 35.9 Å². The maximum atomic E-state index is 12.8. The lowest BCUT2D eigenvalue weighted by Gasteiger charge is -2.35. The first-order valence-corrected chi connectivity index (χ1v) is 8.99. The fourth-order valence-corrected chi connectivity index (χ4v) is 3.82. The number of amides is 1. The average Bonchev–Trinajstić information content (AvgIpc) is 3.08. The summed E-state index contributed by atoms with van der Waals surface area (Å²) in [4.78, 5) is 15.2. The van der Waals surface area contributed by atoms with Crippen molar-refractivity contribution in [3.63, 3.8) is 0 Å². The minimum atomic E-state index is -0.379. The van der Waals surface area contributed by atoms with Gasteiger partial charge < -0.3 is 15.4 Å². The molecule has 1 aromatic carbocycles. The molecule has 0 aliphatic carbocycles. The Morgan fingerprint density at radius 1 is 1.32 bits per heavy atom. The topological polar surface area (TPSA) is 53.6 Å². The van der Waals surface area contributed by atoms with E-state index in [9.17, 15) is 4.79 Å². The molecule has 1 amide bonds. The Labute approximate surface area is 156 Å². The van der Waals surface area contributed by atoms with Crippen LogP contribution >= 0.6 is 12.4 Å². The van der Waals surface area contributed by atoms with Crippen molar-refractivity contribution < 1.29 is 9.53 Å². The Morgan fingerprint density at radius 3 is 2.64 bits per heavy atom. The average molecular weight is 368 g/mol. The van der Waals surface area contributed by atoms with Crippen LogP contribution in [0, 0.1) is 5.41 Å². The first-order valence-electron chi connectivity index (χ1n) is 8.99. The zero-order chi connectivity index (χ0) is 16.8. The molecule has 2 fully saturated rings. The van der Waals surface area contributed by atoms with Crippen molar-refractivity contribution in [2.24, 2.45) is 5.41 Å². The van der Waals surface area contributed by atoms with E-state index in [1.54, 1.807) is 7.11 Å². The zero-order valence-corrected chi connectivity index (χ0v) is 15.8. The lowest BCUT2D eigenvalue weighted by atomic mass is 9.86. The molecule has 6 heteroatoms. The Morgan fingerprint density at radius 2 is 2.04 bits per heavy atom. The van der Waals surface area contributed by atoms with Crippen molar-refractivity contribution in [2.45, 2.75) is 31.8 Å². The predicted molar refractivity (Wildman–Crippen MR) is 102 cm³/mol. The summed E-state index contributed by atoms with van der Waals surface area (Å²) in [6.45, 7) is 5.19. The van der Waals surface area contributed by atoms with E-state index in [4.69, 9.17) is 4.74 Å². The van der Waals surface area contributed by atoms with E-state index in [1.807, 2.05) is 0 Å². The molecule has 0 saturated carbocycles. The number of methoxy groups -OCH3 is 1. The van der Waals surface area contributed by atoms with Crippen LogP contribution in [0.3, 0.4) is 0 Å². The molecule has 2 N–H and O–H groups in total. The molecule has 25 heavy (non-hydrogen) atoms. The third kappa shape index (κ3) is 5.17. The Hall–Kier alpha value is -1.14. The first-order chi connectivity index (χ1) is 11.7. The molecular formula is C19H30ClN3O2. The number of hydrogen-bond acceptors (Lipinski definition) is 4. The van der Waals surface area contributed by atoms with Crippen LogP contribution in [-0.4, -0.2) is 56.7 Å². The van der Waals surface area contributed by atoms with E-state index in [0.29, 0.717) is 12.6 Å². The van der Waals surface area contributed by atoms with E-state index in [1.165, 1.54) is 5.56 Å². The number of rotatable bonds is 6. The van der Waals surface area contributed by atoms with Gasteiger partial charge in [0.25, 0.3) is 0 Å². The van der Waals surface area contributed by atoms with Gasteiger partial charge in [0.15, 0.2) is 0 Å². The Bertz CT molecular complexity index is 527. The van der Waals surface area contributed by atoms with Crippen molar-refractivity contribution in [1.29, 1.82) is 0 Å². The van der Waals surface area contributed by atoms with Gasteiger partial charge in [-0.25, -0.2) is 0 Å². The van der Waals surface area contributed by atoms with Crippen molar-refractivity contribution in [3.8, 4) is 0 Å². The summed E-state index contributed by atoms with van der Waals surface area (Å²) in [5.41, 5.74) is 0.978. The lowest BCUT2D eigenvalue weighted by molar-refractivity contribution is -0.134. The highest BCUT2D eigenvalue weighted by Gasteiger charge is 2.42. The molecule has 0 radical (unpaired) electrons. The normalized spacial score (nSPS) is 24.7. The minimum Gasteiger partial charge on any atom is -0.384 e. The van der Waals surface area contributed by atoms with E-state index in [-0.39, 0.29) is 23.7 Å². The molecule has 0 bridgehead atoms. The van der Waals surface area contributed by atoms with Gasteiger partial charge in [0.1, 0.15) is 0 Å². The summed E-state index contributed by atoms with van der Waals surface area (Å²) < 4.78 is 5.31. The summed E-state index contributed by atoms with van der Waals surface area (Å²) in [6.07, 6.45) is 2.91. The monoisotopic (exact) mass is 367 g/mol. The largest absolute Gasteiger partial charge is 0.384 e. The third-order valence-electron chi connectivity index (χ3n) is 5.32. The summed E-state index contributed by atoms with van der Waals surface area (Å²) >= 11 is 0. The van der Waals surface area contributed by atoms with Gasteiger partial charge in [-0.05, 0) is 31.4 Å². The molecule has 1 aromatic rings. The summed E-state index contributed by atoms with van der Waals surface area (Å²) in [6, 6.07) is 10.9. The number of ether oxygens (including phenoxy) is 1. The smallest absolute Gasteiger partial charge is 0.230 e. The number of nitrogens with zero attached hydrogens (tertiary/aromatic N) is 1. The van der Waals surface area contributed by atoms with Crippen LogP contribution in [0.1, 0.15) is 24.8 Å². The van der Waals surface area contributed by atoms with E-state index >= 15 is 0 Å². The molecule has 3 rings (SSSR count). The predicted octanol–water partition coefficient (Wildman–Crippen LogP) is 1.82. The van der Waals surface area contributed by atoms with Crippen LogP contribution in [0.25, 0.3) is 0 Å². The SMILES string of the molecule is COCC1(C(=O)NC2CCN(Cc3ccccc3)CC2)CCNC1.Cl. The zero-order valence-electron chi connectivity index (χ0n) is 15.0. The number of hydrogen-bond donors (Lipinski definition) is 2. The standard InChI is InChI=1S/C19H29N3O2.ClH/c1-24-15-19(9-10-20-14-19)18(23)21-17-7-11-22(12-8-17)13-16-5-3-2-4-6-16;/h2-6,17,20H,7-15H2,1H3,(H,21,23);1H. The number of halogens is 1. The molecule has 2 aliphatic rings. The van der Waals surface area contributed by atoms with Gasteiger partial charge in [0, 0.05) is 39.3 Å². The highest BCUT2D eigenvalue weighted by Crippen LogP contribution is 2.27. The second kappa shape index (κ2) is 9.53. The Kier molecular flexibility index (Phi) is 7.69. The van der Waals surface area contributed by atoms with Crippen molar-refractivity contribution >= 4 is 18.3 Å². The quantitative estimate of drug-likeness (QED) is 0.805. The van der Waals surface area contributed by atoms with Gasteiger partial charge >= 0.3 is 0 Å². The van der Waals surface area contributed by atoms with Gasteiger partial charge in [-0.2, -0.15) is 0 Å². The maximum absolute atomic E-state index is 12.8. The van der Waals surface area contributed by atoms with Crippen LogP contribution < -0.4 is 10.6 Å².